The molecule has 0 unspecified atom stereocenters. The normalized spacial score (nSPS) is 12.6. The third kappa shape index (κ3) is 3.67. The fraction of sp³-hybridized carbons (Fsp3) is 0.348. The molecule has 1 aromatic heterocycles. The molecule has 1 nitrogen and oxygen atoms in total. The summed E-state index contributed by atoms with van der Waals surface area (Å²) in [4.78, 5) is 4.78. The SMILES string of the molecule is Cc1cnc(-c2cc(C(C)(C)C)c3ccccc3c2)c[c]1[Ge]([CH3])([CH3])[CH3]. The van der Waals surface area contributed by atoms with E-state index >= 15 is 0 Å². The summed E-state index contributed by atoms with van der Waals surface area (Å²) < 4.78 is 1.55. The first kappa shape index (κ1) is 18.2. The summed E-state index contributed by atoms with van der Waals surface area (Å²) >= 11 is -1.91. The van der Waals surface area contributed by atoms with Gasteiger partial charge in [-0.1, -0.05) is 0 Å². The Morgan fingerprint density at radius 3 is 2.24 bits per heavy atom. The Hall–Kier alpha value is -1.61. The molecule has 0 amide bonds. The van der Waals surface area contributed by atoms with Gasteiger partial charge in [-0.15, -0.1) is 0 Å². The van der Waals surface area contributed by atoms with E-state index in [1.54, 1.807) is 4.40 Å². The van der Waals surface area contributed by atoms with Crippen molar-refractivity contribution in [2.24, 2.45) is 0 Å². The molecule has 0 atom stereocenters. The Balaban J connectivity index is 2.27. The number of hydrogen-bond acceptors (Lipinski definition) is 1. The van der Waals surface area contributed by atoms with Gasteiger partial charge in [0.15, 0.2) is 0 Å². The molecule has 0 saturated carbocycles. The third-order valence-corrected chi connectivity index (χ3v) is 9.40. The minimum atomic E-state index is -1.91. The number of benzene rings is 2. The van der Waals surface area contributed by atoms with E-state index in [4.69, 9.17) is 4.98 Å². The van der Waals surface area contributed by atoms with E-state index in [9.17, 15) is 0 Å². The van der Waals surface area contributed by atoms with Gasteiger partial charge in [0.05, 0.1) is 0 Å². The molecule has 25 heavy (non-hydrogen) atoms. The Labute approximate surface area is 154 Å². The molecule has 3 aromatic rings. The van der Waals surface area contributed by atoms with Crippen LogP contribution in [-0.4, -0.2) is 18.3 Å². The van der Waals surface area contributed by atoms with Crippen molar-refractivity contribution >= 4 is 28.4 Å². The van der Waals surface area contributed by atoms with E-state index < -0.39 is 13.3 Å². The van der Waals surface area contributed by atoms with Crippen molar-refractivity contribution in [3.8, 4) is 11.3 Å². The van der Waals surface area contributed by atoms with Crippen LogP contribution < -0.4 is 4.40 Å². The van der Waals surface area contributed by atoms with Gasteiger partial charge in [-0.3, -0.25) is 0 Å². The number of rotatable bonds is 2. The van der Waals surface area contributed by atoms with E-state index in [0.717, 1.165) is 5.69 Å². The van der Waals surface area contributed by atoms with Crippen molar-refractivity contribution in [2.75, 3.05) is 0 Å². The van der Waals surface area contributed by atoms with Crippen molar-refractivity contribution in [1.29, 1.82) is 0 Å². The summed E-state index contributed by atoms with van der Waals surface area (Å²) in [7, 11) is 0. The third-order valence-electron chi connectivity index (χ3n) is 4.88. The number of aromatic nitrogens is 1. The van der Waals surface area contributed by atoms with Crippen molar-refractivity contribution < 1.29 is 0 Å². The van der Waals surface area contributed by atoms with Gasteiger partial charge >= 0.3 is 155 Å². The van der Waals surface area contributed by atoms with E-state index in [-0.39, 0.29) is 5.41 Å². The maximum absolute atomic E-state index is 4.78. The summed E-state index contributed by atoms with van der Waals surface area (Å²) in [5.41, 5.74) is 5.18. The predicted octanol–water partition coefficient (Wildman–Crippen LogP) is 6.05. The predicted molar refractivity (Wildman–Crippen MR) is 114 cm³/mol. The molecule has 3 rings (SSSR count). The molecule has 0 aliphatic heterocycles. The first-order valence-corrected chi connectivity index (χ1v) is 16.4. The fourth-order valence-electron chi connectivity index (χ4n) is 3.57. The molecular weight excluding hydrogens is 363 g/mol. The first-order chi connectivity index (χ1) is 11.6. The van der Waals surface area contributed by atoms with Gasteiger partial charge in [0.2, 0.25) is 0 Å². The number of hydrogen-bond donors (Lipinski definition) is 0. The van der Waals surface area contributed by atoms with Gasteiger partial charge < -0.3 is 0 Å². The Bertz CT molecular complexity index is 927. The van der Waals surface area contributed by atoms with Crippen molar-refractivity contribution in [3.05, 3.63) is 59.8 Å². The van der Waals surface area contributed by atoms with Gasteiger partial charge in [-0.05, 0) is 0 Å². The average Bonchev–Trinajstić information content (AvgIpc) is 2.52. The van der Waals surface area contributed by atoms with Crippen LogP contribution in [0.1, 0.15) is 31.9 Å². The second-order valence-corrected chi connectivity index (χ2v) is 19.7. The number of pyridine rings is 1. The summed E-state index contributed by atoms with van der Waals surface area (Å²) in [5.74, 6) is 7.35. The van der Waals surface area contributed by atoms with Crippen LogP contribution in [0.4, 0.5) is 0 Å². The van der Waals surface area contributed by atoms with Crippen molar-refractivity contribution in [2.45, 2.75) is 50.4 Å². The summed E-state index contributed by atoms with van der Waals surface area (Å²) in [6.07, 6.45) is 2.06. The molecule has 2 heteroatoms. The van der Waals surface area contributed by atoms with Gasteiger partial charge in [-0.25, -0.2) is 0 Å². The Morgan fingerprint density at radius 2 is 1.60 bits per heavy atom. The van der Waals surface area contributed by atoms with E-state index in [0.29, 0.717) is 0 Å². The van der Waals surface area contributed by atoms with Crippen LogP contribution in [0.25, 0.3) is 22.0 Å². The van der Waals surface area contributed by atoms with Crippen LogP contribution in [0, 0.1) is 6.92 Å². The van der Waals surface area contributed by atoms with Crippen LogP contribution in [-0.2, 0) is 5.41 Å². The molecule has 0 aliphatic carbocycles. The monoisotopic (exact) mass is 393 g/mol. The van der Waals surface area contributed by atoms with Crippen LogP contribution in [0.3, 0.4) is 0 Å². The summed E-state index contributed by atoms with van der Waals surface area (Å²) in [6.45, 7) is 9.06. The van der Waals surface area contributed by atoms with Crippen molar-refractivity contribution in [3.63, 3.8) is 0 Å². The topological polar surface area (TPSA) is 12.9 Å². The van der Waals surface area contributed by atoms with E-state index in [1.165, 1.54) is 27.5 Å². The molecule has 1 heterocycles. The second-order valence-electron chi connectivity index (χ2n) is 9.13. The number of nitrogens with zero attached hydrogens (tertiary/aromatic N) is 1. The zero-order valence-electron chi connectivity index (χ0n) is 16.6. The number of fused-ring (bicyclic) bond motifs is 1. The van der Waals surface area contributed by atoms with Gasteiger partial charge in [0.25, 0.3) is 0 Å². The molecule has 0 fully saturated rings. The van der Waals surface area contributed by atoms with Crippen LogP contribution >= 0.6 is 0 Å². The van der Waals surface area contributed by atoms with E-state index in [2.05, 4.69) is 93.6 Å². The minimum absolute atomic E-state index is 0.102. The maximum atomic E-state index is 4.78. The summed E-state index contributed by atoms with van der Waals surface area (Å²) in [6, 6.07) is 15.7. The van der Waals surface area contributed by atoms with Crippen LogP contribution in [0.5, 0.6) is 0 Å². The average molecular weight is 392 g/mol. The Kier molecular flexibility index (Phi) is 4.57. The quantitative estimate of drug-likeness (QED) is 0.484. The molecule has 2 aromatic carbocycles. The second kappa shape index (κ2) is 6.28. The van der Waals surface area contributed by atoms with Crippen LogP contribution in [0.2, 0.25) is 17.3 Å². The standard InChI is InChI=1S/C23H29GeN/c1-16-15-25-22(14-21(16)24(5,6)7)18-12-17-10-8-9-11-19(17)20(13-18)23(2,3)4/h8-15H,1-7H3. The fourth-order valence-corrected chi connectivity index (χ4v) is 7.38. The molecule has 0 saturated heterocycles. The Morgan fingerprint density at radius 1 is 0.920 bits per heavy atom. The zero-order valence-corrected chi connectivity index (χ0v) is 18.7. The van der Waals surface area contributed by atoms with Crippen LogP contribution in [0.15, 0.2) is 48.7 Å². The molecule has 0 N–H and O–H groups in total. The van der Waals surface area contributed by atoms with Gasteiger partial charge in [0.1, 0.15) is 0 Å². The van der Waals surface area contributed by atoms with Crippen molar-refractivity contribution in [1.82, 2.24) is 4.98 Å². The van der Waals surface area contributed by atoms with Gasteiger partial charge in [0, 0.05) is 0 Å². The molecular formula is C23H29GeN. The molecule has 0 bridgehead atoms. The molecule has 0 radical (unpaired) electrons. The molecule has 0 aliphatic rings. The molecule has 0 spiro atoms. The zero-order chi connectivity index (χ0) is 18.4. The number of aryl methyl sites for hydroxylation is 1. The van der Waals surface area contributed by atoms with Gasteiger partial charge in [-0.2, -0.15) is 0 Å². The van der Waals surface area contributed by atoms with E-state index in [1.807, 2.05) is 0 Å². The first-order valence-electron chi connectivity index (χ1n) is 9.08. The summed E-state index contributed by atoms with van der Waals surface area (Å²) in [5, 5.41) is 2.64. The molecule has 130 valence electrons.